The topological polar surface area (TPSA) is 50.6 Å². The number of anilines is 1. The van der Waals surface area contributed by atoms with Gasteiger partial charge in [-0.1, -0.05) is 23.2 Å². The molecule has 2 atom stereocenters. The lowest BCUT2D eigenvalue weighted by Gasteiger charge is -2.45. The molecular formula is C20H23Cl2F3N4O2. The van der Waals surface area contributed by atoms with Gasteiger partial charge in [0.05, 0.1) is 22.8 Å². The maximum Gasteiger partial charge on any atom is 0.436 e. The van der Waals surface area contributed by atoms with Crippen LogP contribution in [0.3, 0.4) is 0 Å². The zero-order valence-electron chi connectivity index (χ0n) is 17.5. The first kappa shape index (κ1) is 23.5. The summed E-state index contributed by atoms with van der Waals surface area (Å²) >= 11 is 11.9. The smallest absolute Gasteiger partial charge is 0.436 e. The fraction of sp³-hybridized carbons (Fsp3) is 0.500. The van der Waals surface area contributed by atoms with E-state index < -0.39 is 16.9 Å². The Morgan fingerprint density at radius 3 is 2.48 bits per heavy atom. The van der Waals surface area contributed by atoms with E-state index in [0.29, 0.717) is 23.9 Å². The van der Waals surface area contributed by atoms with E-state index in [2.05, 4.69) is 10.00 Å². The van der Waals surface area contributed by atoms with Crippen molar-refractivity contribution in [2.45, 2.75) is 45.6 Å². The molecule has 1 aliphatic rings. The largest absolute Gasteiger partial charge is 0.495 e. The summed E-state index contributed by atoms with van der Waals surface area (Å²) in [6.07, 6.45) is -4.68. The molecule has 2 aromatic rings. The maximum atomic E-state index is 13.1. The monoisotopic (exact) mass is 478 g/mol. The van der Waals surface area contributed by atoms with Crippen LogP contribution < -0.4 is 9.64 Å². The average Bonchev–Trinajstić information content (AvgIpc) is 2.98. The molecule has 1 aromatic heterocycles. The van der Waals surface area contributed by atoms with Crippen LogP contribution in [0.1, 0.15) is 25.2 Å². The Balaban J connectivity index is 1.75. The van der Waals surface area contributed by atoms with Crippen LogP contribution >= 0.6 is 23.2 Å². The first-order valence-corrected chi connectivity index (χ1v) is 10.4. The van der Waals surface area contributed by atoms with Crippen LogP contribution in [0.2, 0.25) is 10.0 Å². The van der Waals surface area contributed by atoms with Crippen molar-refractivity contribution in [3.63, 3.8) is 0 Å². The van der Waals surface area contributed by atoms with E-state index in [-0.39, 0.29) is 30.2 Å². The number of hydrogen-bond acceptors (Lipinski definition) is 4. The number of amides is 1. The molecule has 3 rings (SSSR count). The highest BCUT2D eigenvalue weighted by atomic mass is 35.5. The molecule has 0 unspecified atom stereocenters. The van der Waals surface area contributed by atoms with Crippen LogP contribution in [-0.4, -0.2) is 52.9 Å². The summed E-state index contributed by atoms with van der Waals surface area (Å²) in [7, 11) is 1.54. The highest BCUT2D eigenvalue weighted by Gasteiger charge is 2.39. The highest BCUT2D eigenvalue weighted by Crippen LogP contribution is 2.35. The highest BCUT2D eigenvalue weighted by molar-refractivity contribution is 6.32. The number of carbonyl (C=O) groups is 1. The summed E-state index contributed by atoms with van der Waals surface area (Å²) in [5.41, 5.74) is -0.158. The molecular weight excluding hydrogens is 456 g/mol. The molecule has 1 saturated heterocycles. The van der Waals surface area contributed by atoms with Crippen molar-refractivity contribution in [3.05, 3.63) is 39.6 Å². The summed E-state index contributed by atoms with van der Waals surface area (Å²) in [5, 5.41) is 3.55. The van der Waals surface area contributed by atoms with E-state index in [9.17, 15) is 18.0 Å². The number of ether oxygens (including phenoxy) is 1. The predicted molar refractivity (Wildman–Crippen MR) is 113 cm³/mol. The van der Waals surface area contributed by atoms with Crippen molar-refractivity contribution >= 4 is 34.8 Å². The van der Waals surface area contributed by atoms with Gasteiger partial charge in [0.15, 0.2) is 5.69 Å². The van der Waals surface area contributed by atoms with Crippen molar-refractivity contribution < 1.29 is 22.7 Å². The average molecular weight is 479 g/mol. The van der Waals surface area contributed by atoms with E-state index in [1.54, 1.807) is 18.1 Å². The second kappa shape index (κ2) is 8.78. The molecule has 170 valence electrons. The lowest BCUT2D eigenvalue weighted by molar-refractivity contribution is -0.142. The molecule has 1 aromatic carbocycles. The Bertz CT molecular complexity index is 980. The summed E-state index contributed by atoms with van der Waals surface area (Å²) in [6.45, 7) is 5.93. The SMILES string of the molecule is COc1cc(N2C[C@@H](C)N(C(=O)Cn3nc(C(F)(F)F)c(Cl)c3C)C[C@H]2C)ccc1Cl. The number of hydrogen-bond donors (Lipinski definition) is 0. The van der Waals surface area contributed by atoms with Crippen LogP contribution in [0.15, 0.2) is 18.2 Å². The summed E-state index contributed by atoms with van der Waals surface area (Å²) < 4.78 is 45.5. The van der Waals surface area contributed by atoms with Crippen molar-refractivity contribution in [1.82, 2.24) is 14.7 Å². The first-order chi connectivity index (χ1) is 14.4. The van der Waals surface area contributed by atoms with Gasteiger partial charge in [-0.25, -0.2) is 0 Å². The van der Waals surface area contributed by atoms with E-state index in [0.717, 1.165) is 10.4 Å². The molecule has 0 saturated carbocycles. The fourth-order valence-electron chi connectivity index (χ4n) is 3.74. The van der Waals surface area contributed by atoms with Gasteiger partial charge >= 0.3 is 6.18 Å². The van der Waals surface area contributed by atoms with Crippen LogP contribution in [-0.2, 0) is 17.5 Å². The van der Waals surface area contributed by atoms with Crippen molar-refractivity contribution in [2.75, 3.05) is 25.1 Å². The zero-order chi connectivity index (χ0) is 23.1. The molecule has 0 radical (unpaired) electrons. The quantitative estimate of drug-likeness (QED) is 0.641. The van der Waals surface area contributed by atoms with Gasteiger partial charge in [-0.15, -0.1) is 0 Å². The summed E-state index contributed by atoms with van der Waals surface area (Å²) in [6, 6.07) is 5.29. The summed E-state index contributed by atoms with van der Waals surface area (Å²) in [5.74, 6) is 0.243. The molecule has 11 heteroatoms. The molecule has 0 aliphatic carbocycles. The maximum absolute atomic E-state index is 13.1. The molecule has 1 fully saturated rings. The number of methoxy groups -OCH3 is 1. The lowest BCUT2D eigenvalue weighted by Crippen LogP contribution is -2.58. The number of halogens is 5. The van der Waals surface area contributed by atoms with Crippen molar-refractivity contribution in [3.8, 4) is 5.75 Å². The van der Waals surface area contributed by atoms with Gasteiger partial charge in [0, 0.05) is 36.9 Å². The minimum Gasteiger partial charge on any atom is -0.495 e. The van der Waals surface area contributed by atoms with Gasteiger partial charge in [-0.3, -0.25) is 9.48 Å². The number of rotatable bonds is 4. The van der Waals surface area contributed by atoms with Crippen LogP contribution in [0.25, 0.3) is 0 Å². The Morgan fingerprint density at radius 1 is 1.23 bits per heavy atom. The van der Waals surface area contributed by atoms with E-state index in [1.807, 2.05) is 26.0 Å². The van der Waals surface area contributed by atoms with Crippen LogP contribution in [0.5, 0.6) is 5.75 Å². The number of carbonyl (C=O) groups excluding carboxylic acids is 1. The van der Waals surface area contributed by atoms with E-state index in [4.69, 9.17) is 27.9 Å². The number of nitrogens with zero attached hydrogens (tertiary/aromatic N) is 4. The number of piperazine rings is 1. The molecule has 1 amide bonds. The molecule has 0 bridgehead atoms. The standard InChI is InChI=1S/C20H23Cl2F3N4O2/c1-11-9-28(12(2)8-27(11)14-5-6-15(21)16(7-14)31-4)17(30)10-29-13(3)18(22)19(26-29)20(23,24)25/h5-7,11-12H,8-10H2,1-4H3/t11-,12-/m1/s1. The first-order valence-electron chi connectivity index (χ1n) is 9.63. The number of aromatic nitrogens is 2. The Hall–Kier alpha value is -2.13. The molecule has 6 nitrogen and oxygen atoms in total. The Kier molecular flexibility index (Phi) is 6.67. The van der Waals surface area contributed by atoms with E-state index >= 15 is 0 Å². The second-order valence-corrected chi connectivity index (χ2v) is 8.40. The Labute approximate surface area is 188 Å². The Morgan fingerprint density at radius 2 is 1.90 bits per heavy atom. The summed E-state index contributed by atoms with van der Waals surface area (Å²) in [4.78, 5) is 16.7. The molecule has 0 spiro atoms. The lowest BCUT2D eigenvalue weighted by atomic mass is 10.1. The fourth-order valence-corrected chi connectivity index (χ4v) is 4.18. The number of benzene rings is 1. The minimum atomic E-state index is -4.68. The molecule has 1 aliphatic heterocycles. The third kappa shape index (κ3) is 4.72. The van der Waals surface area contributed by atoms with Crippen LogP contribution in [0, 0.1) is 6.92 Å². The number of alkyl halides is 3. The predicted octanol–water partition coefficient (Wildman–Crippen LogP) is 4.65. The van der Waals surface area contributed by atoms with E-state index in [1.165, 1.54) is 6.92 Å². The van der Waals surface area contributed by atoms with Gasteiger partial charge in [-0.2, -0.15) is 18.3 Å². The third-order valence-electron chi connectivity index (χ3n) is 5.46. The van der Waals surface area contributed by atoms with Gasteiger partial charge < -0.3 is 14.5 Å². The zero-order valence-corrected chi connectivity index (χ0v) is 19.0. The molecule has 31 heavy (non-hydrogen) atoms. The van der Waals surface area contributed by atoms with Gasteiger partial charge in [0.1, 0.15) is 12.3 Å². The molecule has 0 N–H and O–H groups in total. The minimum absolute atomic E-state index is 0.0286. The second-order valence-electron chi connectivity index (χ2n) is 7.62. The van der Waals surface area contributed by atoms with Crippen molar-refractivity contribution in [2.24, 2.45) is 0 Å². The van der Waals surface area contributed by atoms with Gasteiger partial charge in [0.2, 0.25) is 5.91 Å². The van der Waals surface area contributed by atoms with Gasteiger partial charge in [0.25, 0.3) is 0 Å². The van der Waals surface area contributed by atoms with Crippen LogP contribution in [0.4, 0.5) is 18.9 Å². The van der Waals surface area contributed by atoms with Gasteiger partial charge in [-0.05, 0) is 32.9 Å². The third-order valence-corrected chi connectivity index (χ3v) is 6.22. The van der Waals surface area contributed by atoms with Crippen molar-refractivity contribution in [1.29, 1.82) is 0 Å². The molecule has 2 heterocycles. The normalized spacial score (nSPS) is 19.6.